The lowest BCUT2D eigenvalue weighted by atomic mass is 10.2. The van der Waals surface area contributed by atoms with E-state index in [-0.39, 0.29) is 0 Å². The average molecular weight is 417 g/mol. The molecular formula is C20H20N2O2S3. The molecule has 1 fully saturated rings. The molecule has 0 bridgehead atoms. The summed E-state index contributed by atoms with van der Waals surface area (Å²) in [4.78, 5) is 11.7. The molecule has 0 atom stereocenters. The van der Waals surface area contributed by atoms with E-state index in [2.05, 4.69) is 22.1 Å². The van der Waals surface area contributed by atoms with Crippen molar-refractivity contribution in [3.8, 4) is 17.4 Å². The van der Waals surface area contributed by atoms with Crippen LogP contribution in [-0.4, -0.2) is 28.6 Å². The van der Waals surface area contributed by atoms with Crippen LogP contribution in [0.3, 0.4) is 0 Å². The van der Waals surface area contributed by atoms with Crippen LogP contribution in [0.1, 0.15) is 32.8 Å². The summed E-state index contributed by atoms with van der Waals surface area (Å²) >= 11 is 5.77. The molecule has 4 nitrogen and oxygen atoms in total. The first kappa shape index (κ1) is 17.6. The van der Waals surface area contributed by atoms with Gasteiger partial charge in [-0.3, -0.25) is 0 Å². The third-order valence-electron chi connectivity index (χ3n) is 4.93. The van der Waals surface area contributed by atoms with Crippen molar-refractivity contribution >= 4 is 45.1 Å². The standard InChI is InChI=1S/C20H20N2O2S3/c1-11-21-18(17-13-4-3-5-16(13)27-19(17)22-11)24-14-7-6-12(10-15(14)23-2)20-25-8-9-26-20/h6-7,10,20H,3-5,8-9H2,1-2H3. The Balaban J connectivity index is 1.55. The molecule has 3 heterocycles. The summed E-state index contributed by atoms with van der Waals surface area (Å²) in [5.74, 6) is 5.29. The first-order valence-electron chi connectivity index (χ1n) is 9.11. The SMILES string of the molecule is COc1cc(C2SCCS2)ccc1Oc1nc(C)nc2sc3c(c12)CCC3. The molecule has 0 amide bonds. The molecule has 0 unspecified atom stereocenters. The van der Waals surface area contributed by atoms with Crippen LogP contribution in [-0.2, 0) is 12.8 Å². The summed E-state index contributed by atoms with van der Waals surface area (Å²) < 4.78 is 12.4. The number of thiophene rings is 1. The van der Waals surface area contributed by atoms with E-state index < -0.39 is 0 Å². The molecule has 27 heavy (non-hydrogen) atoms. The van der Waals surface area contributed by atoms with Gasteiger partial charge in [-0.15, -0.1) is 34.9 Å². The van der Waals surface area contributed by atoms with Gasteiger partial charge in [0, 0.05) is 16.4 Å². The summed E-state index contributed by atoms with van der Waals surface area (Å²) in [6.45, 7) is 1.92. The second kappa shape index (κ2) is 7.18. The van der Waals surface area contributed by atoms with Crippen molar-refractivity contribution in [1.82, 2.24) is 9.97 Å². The third-order valence-corrected chi connectivity index (χ3v) is 9.22. The maximum absolute atomic E-state index is 6.31. The quantitative estimate of drug-likeness (QED) is 0.538. The monoisotopic (exact) mass is 416 g/mol. The Kier molecular flexibility index (Phi) is 4.70. The molecule has 7 heteroatoms. The van der Waals surface area contributed by atoms with Gasteiger partial charge in [-0.2, -0.15) is 4.98 Å². The molecule has 1 aliphatic heterocycles. The highest BCUT2D eigenvalue weighted by Crippen LogP contribution is 2.48. The van der Waals surface area contributed by atoms with Gasteiger partial charge < -0.3 is 9.47 Å². The number of aryl methyl sites for hydroxylation is 3. The lowest BCUT2D eigenvalue weighted by molar-refractivity contribution is 0.375. The van der Waals surface area contributed by atoms with Crippen LogP contribution >= 0.6 is 34.9 Å². The van der Waals surface area contributed by atoms with Gasteiger partial charge in [-0.25, -0.2) is 4.98 Å². The highest BCUT2D eigenvalue weighted by Gasteiger charge is 2.24. The van der Waals surface area contributed by atoms with Gasteiger partial charge in [0.1, 0.15) is 10.7 Å². The van der Waals surface area contributed by atoms with Crippen molar-refractivity contribution in [1.29, 1.82) is 0 Å². The fourth-order valence-corrected chi connectivity index (χ4v) is 7.84. The van der Waals surface area contributed by atoms with Crippen LogP contribution in [0, 0.1) is 6.92 Å². The van der Waals surface area contributed by atoms with Gasteiger partial charge in [0.25, 0.3) is 0 Å². The van der Waals surface area contributed by atoms with E-state index in [9.17, 15) is 0 Å². The number of nitrogens with zero attached hydrogens (tertiary/aromatic N) is 2. The van der Waals surface area contributed by atoms with Gasteiger partial charge in [-0.05, 0) is 49.4 Å². The van der Waals surface area contributed by atoms with E-state index in [0.29, 0.717) is 16.2 Å². The third kappa shape index (κ3) is 3.19. The zero-order chi connectivity index (χ0) is 18.4. The Morgan fingerprint density at radius 1 is 1.07 bits per heavy atom. The van der Waals surface area contributed by atoms with Crippen molar-refractivity contribution in [3.63, 3.8) is 0 Å². The van der Waals surface area contributed by atoms with E-state index >= 15 is 0 Å². The Bertz CT molecular complexity index is 1010. The molecule has 140 valence electrons. The Morgan fingerprint density at radius 3 is 2.74 bits per heavy atom. The second-order valence-electron chi connectivity index (χ2n) is 6.70. The second-order valence-corrected chi connectivity index (χ2v) is 10.5. The van der Waals surface area contributed by atoms with Gasteiger partial charge in [0.05, 0.1) is 17.1 Å². The topological polar surface area (TPSA) is 44.2 Å². The zero-order valence-electron chi connectivity index (χ0n) is 15.3. The molecule has 1 aromatic carbocycles. The number of fused-ring (bicyclic) bond motifs is 3. The Labute approximate surface area is 171 Å². The number of benzene rings is 1. The molecule has 1 saturated heterocycles. The van der Waals surface area contributed by atoms with Crippen LogP contribution in [0.25, 0.3) is 10.2 Å². The van der Waals surface area contributed by atoms with Crippen molar-refractivity contribution in [2.75, 3.05) is 18.6 Å². The van der Waals surface area contributed by atoms with Crippen LogP contribution in [0.2, 0.25) is 0 Å². The number of thioether (sulfide) groups is 2. The van der Waals surface area contributed by atoms with Crippen molar-refractivity contribution in [2.24, 2.45) is 0 Å². The van der Waals surface area contributed by atoms with Crippen molar-refractivity contribution in [2.45, 2.75) is 30.8 Å². The fraction of sp³-hybridized carbons (Fsp3) is 0.400. The molecule has 0 saturated carbocycles. The molecule has 2 aromatic heterocycles. The lowest BCUT2D eigenvalue weighted by Gasteiger charge is -2.14. The first-order chi connectivity index (χ1) is 13.2. The van der Waals surface area contributed by atoms with Gasteiger partial charge >= 0.3 is 0 Å². The van der Waals surface area contributed by atoms with E-state index in [1.54, 1.807) is 18.4 Å². The minimum absolute atomic E-state index is 0.487. The molecule has 0 spiro atoms. The summed E-state index contributed by atoms with van der Waals surface area (Å²) in [5, 5.41) is 1.09. The average Bonchev–Trinajstić information content (AvgIpc) is 3.38. The lowest BCUT2D eigenvalue weighted by Crippen LogP contribution is -1.98. The fourth-order valence-electron chi connectivity index (χ4n) is 3.71. The molecule has 2 aliphatic rings. The summed E-state index contributed by atoms with van der Waals surface area (Å²) in [5.41, 5.74) is 2.66. The number of rotatable bonds is 4. The predicted octanol–water partition coefficient (Wildman–Crippen LogP) is 5.77. The maximum Gasteiger partial charge on any atom is 0.231 e. The minimum Gasteiger partial charge on any atom is -0.493 e. The Hall–Kier alpha value is -1.44. The summed E-state index contributed by atoms with van der Waals surface area (Å²) in [6.07, 6.45) is 3.44. The molecule has 0 N–H and O–H groups in total. The smallest absolute Gasteiger partial charge is 0.231 e. The van der Waals surface area contributed by atoms with Crippen molar-refractivity contribution in [3.05, 3.63) is 40.0 Å². The van der Waals surface area contributed by atoms with Crippen LogP contribution < -0.4 is 9.47 Å². The number of hydrogen-bond donors (Lipinski definition) is 0. The van der Waals surface area contributed by atoms with E-state index in [1.807, 2.05) is 36.5 Å². The predicted molar refractivity (Wildman–Crippen MR) is 115 cm³/mol. The van der Waals surface area contributed by atoms with E-state index in [4.69, 9.17) is 9.47 Å². The molecule has 1 aliphatic carbocycles. The van der Waals surface area contributed by atoms with Crippen LogP contribution in [0.5, 0.6) is 17.4 Å². The highest BCUT2D eigenvalue weighted by molar-refractivity contribution is 8.19. The number of ether oxygens (including phenoxy) is 2. The largest absolute Gasteiger partial charge is 0.493 e. The summed E-state index contributed by atoms with van der Waals surface area (Å²) in [7, 11) is 1.70. The first-order valence-corrected chi connectivity index (χ1v) is 12.0. The molecule has 3 aromatic rings. The minimum atomic E-state index is 0.487. The van der Waals surface area contributed by atoms with E-state index in [1.165, 1.54) is 33.9 Å². The highest BCUT2D eigenvalue weighted by atomic mass is 32.2. The Morgan fingerprint density at radius 2 is 1.93 bits per heavy atom. The molecular weight excluding hydrogens is 396 g/mol. The number of aromatic nitrogens is 2. The van der Waals surface area contributed by atoms with E-state index in [0.717, 1.165) is 34.6 Å². The normalized spacial score (nSPS) is 16.8. The van der Waals surface area contributed by atoms with Crippen LogP contribution in [0.4, 0.5) is 0 Å². The van der Waals surface area contributed by atoms with Gasteiger partial charge in [0.2, 0.25) is 5.88 Å². The van der Waals surface area contributed by atoms with Crippen molar-refractivity contribution < 1.29 is 9.47 Å². The zero-order valence-corrected chi connectivity index (χ0v) is 17.7. The number of methoxy groups -OCH3 is 1. The van der Waals surface area contributed by atoms with Gasteiger partial charge in [0.15, 0.2) is 11.5 Å². The maximum atomic E-state index is 6.31. The molecule has 0 radical (unpaired) electrons. The number of hydrogen-bond acceptors (Lipinski definition) is 7. The summed E-state index contributed by atoms with van der Waals surface area (Å²) in [6, 6.07) is 6.27. The van der Waals surface area contributed by atoms with Gasteiger partial charge in [-0.1, -0.05) is 6.07 Å². The van der Waals surface area contributed by atoms with Crippen LogP contribution in [0.15, 0.2) is 18.2 Å². The molecule has 5 rings (SSSR count).